The van der Waals surface area contributed by atoms with Gasteiger partial charge in [0.2, 0.25) is 0 Å². The topological polar surface area (TPSA) is 78.7 Å². The van der Waals surface area contributed by atoms with Gasteiger partial charge in [0.25, 0.3) is 0 Å². The first-order valence-electron chi connectivity index (χ1n) is 4.47. The van der Waals surface area contributed by atoms with E-state index in [2.05, 4.69) is 4.74 Å². The summed E-state index contributed by atoms with van der Waals surface area (Å²) in [4.78, 5) is 21.3. The number of hydrogen-bond donors (Lipinski definition) is 0. The number of para-hydroxylation sites is 1. The van der Waals surface area contributed by atoms with E-state index in [9.17, 15) is 14.9 Å². The van der Waals surface area contributed by atoms with Crippen molar-refractivity contribution in [1.82, 2.24) is 0 Å². The Morgan fingerprint density at radius 2 is 2.12 bits per heavy atom. The number of carbonyl (C=O) groups excluding carboxylic acids is 1. The second-order valence-corrected chi connectivity index (χ2v) is 2.98. The number of nitrogens with zero attached hydrogens (tertiary/aromatic N) is 1. The Bertz CT molecular complexity index is 416. The van der Waals surface area contributed by atoms with Gasteiger partial charge in [0.05, 0.1) is 25.6 Å². The molecule has 0 N–H and O–H groups in total. The largest absolute Gasteiger partial charge is 0.490 e. The van der Waals surface area contributed by atoms with Crippen LogP contribution in [-0.4, -0.2) is 25.1 Å². The van der Waals surface area contributed by atoms with Crippen LogP contribution in [0.1, 0.15) is 5.56 Å². The van der Waals surface area contributed by atoms with Crippen LogP contribution in [0.2, 0.25) is 0 Å². The Morgan fingerprint density at radius 1 is 1.44 bits per heavy atom. The van der Waals surface area contributed by atoms with Gasteiger partial charge in [-0.2, -0.15) is 0 Å². The summed E-state index contributed by atoms with van der Waals surface area (Å²) in [6, 6.07) is 4.56. The standard InChI is InChI=1S/C10H11NO5/c1-15-8-5-3-4-7(6-9(12)16-2)10(8)11(13)14/h3-5H,6H2,1-2H3. The van der Waals surface area contributed by atoms with E-state index in [-0.39, 0.29) is 23.4 Å². The van der Waals surface area contributed by atoms with Gasteiger partial charge >= 0.3 is 11.7 Å². The van der Waals surface area contributed by atoms with Crippen LogP contribution >= 0.6 is 0 Å². The van der Waals surface area contributed by atoms with Crippen molar-refractivity contribution in [3.63, 3.8) is 0 Å². The highest BCUT2D eigenvalue weighted by molar-refractivity contribution is 5.75. The molecular weight excluding hydrogens is 214 g/mol. The molecule has 0 heterocycles. The van der Waals surface area contributed by atoms with Gasteiger partial charge in [-0.3, -0.25) is 14.9 Å². The number of carbonyl (C=O) groups is 1. The molecule has 0 aromatic heterocycles. The molecule has 86 valence electrons. The summed E-state index contributed by atoms with van der Waals surface area (Å²) in [6.07, 6.45) is -0.149. The molecule has 0 saturated heterocycles. The first kappa shape index (κ1) is 12.0. The highest BCUT2D eigenvalue weighted by atomic mass is 16.6. The van der Waals surface area contributed by atoms with Gasteiger partial charge in [-0.25, -0.2) is 0 Å². The molecule has 0 atom stereocenters. The number of nitro benzene ring substituents is 1. The van der Waals surface area contributed by atoms with Gasteiger partial charge in [0.1, 0.15) is 0 Å². The highest BCUT2D eigenvalue weighted by Gasteiger charge is 2.22. The number of hydrogen-bond acceptors (Lipinski definition) is 5. The summed E-state index contributed by atoms with van der Waals surface area (Å²) in [5, 5.41) is 10.8. The van der Waals surface area contributed by atoms with Crippen molar-refractivity contribution in [3.05, 3.63) is 33.9 Å². The van der Waals surface area contributed by atoms with E-state index in [1.54, 1.807) is 6.07 Å². The maximum Gasteiger partial charge on any atom is 0.314 e. The molecule has 1 aromatic rings. The summed E-state index contributed by atoms with van der Waals surface area (Å²) in [7, 11) is 2.57. The molecule has 0 aliphatic carbocycles. The summed E-state index contributed by atoms with van der Waals surface area (Å²) in [5.74, 6) is -0.400. The van der Waals surface area contributed by atoms with Crippen LogP contribution in [0.4, 0.5) is 5.69 Å². The maximum absolute atomic E-state index is 11.1. The molecule has 0 saturated carbocycles. The molecule has 0 aliphatic rings. The predicted octanol–water partition coefficient (Wildman–Crippen LogP) is 1.32. The molecule has 1 aromatic carbocycles. The molecule has 6 heteroatoms. The van der Waals surface area contributed by atoms with Crippen molar-refractivity contribution < 1.29 is 19.2 Å². The number of rotatable bonds is 4. The van der Waals surface area contributed by atoms with Crippen molar-refractivity contribution in [2.24, 2.45) is 0 Å². The summed E-state index contributed by atoms with van der Waals surface area (Å²) in [5.41, 5.74) is 0.0756. The quantitative estimate of drug-likeness (QED) is 0.438. The lowest BCUT2D eigenvalue weighted by Gasteiger charge is -2.05. The zero-order valence-electron chi connectivity index (χ0n) is 8.93. The number of methoxy groups -OCH3 is 2. The van der Waals surface area contributed by atoms with E-state index < -0.39 is 10.9 Å². The van der Waals surface area contributed by atoms with Crippen LogP contribution in [0, 0.1) is 10.1 Å². The predicted molar refractivity (Wildman–Crippen MR) is 55.4 cm³/mol. The SMILES string of the molecule is COC(=O)Cc1cccc(OC)c1[N+](=O)[O-]. The minimum atomic E-state index is -0.572. The van der Waals surface area contributed by atoms with Gasteiger partial charge in [-0.05, 0) is 6.07 Å². The summed E-state index contributed by atoms with van der Waals surface area (Å²) in [6.45, 7) is 0. The molecule has 1 rings (SSSR count). The third-order valence-electron chi connectivity index (χ3n) is 2.05. The maximum atomic E-state index is 11.1. The first-order chi connectivity index (χ1) is 7.60. The lowest BCUT2D eigenvalue weighted by atomic mass is 10.1. The van der Waals surface area contributed by atoms with E-state index >= 15 is 0 Å². The first-order valence-corrected chi connectivity index (χ1v) is 4.47. The summed E-state index contributed by atoms with van der Waals surface area (Å²) >= 11 is 0. The van der Waals surface area contributed by atoms with E-state index in [4.69, 9.17) is 4.74 Å². The number of nitro groups is 1. The van der Waals surface area contributed by atoms with E-state index in [0.29, 0.717) is 0 Å². The van der Waals surface area contributed by atoms with Gasteiger partial charge in [-0.1, -0.05) is 12.1 Å². The van der Waals surface area contributed by atoms with Crippen LogP contribution in [-0.2, 0) is 16.0 Å². The lowest BCUT2D eigenvalue weighted by Crippen LogP contribution is -2.07. The van der Waals surface area contributed by atoms with Gasteiger partial charge < -0.3 is 9.47 Å². The van der Waals surface area contributed by atoms with Crippen LogP contribution in [0.5, 0.6) is 5.75 Å². The van der Waals surface area contributed by atoms with Gasteiger partial charge in [0.15, 0.2) is 5.75 Å². The average molecular weight is 225 g/mol. The molecule has 6 nitrogen and oxygen atoms in total. The number of benzene rings is 1. The van der Waals surface area contributed by atoms with Crippen LogP contribution in [0.25, 0.3) is 0 Å². The van der Waals surface area contributed by atoms with Gasteiger partial charge in [-0.15, -0.1) is 0 Å². The van der Waals surface area contributed by atoms with E-state index in [1.165, 1.54) is 26.4 Å². The fraction of sp³-hybridized carbons (Fsp3) is 0.300. The van der Waals surface area contributed by atoms with Crippen molar-refractivity contribution >= 4 is 11.7 Å². The van der Waals surface area contributed by atoms with Gasteiger partial charge in [0, 0.05) is 5.56 Å². The second kappa shape index (κ2) is 5.11. The Labute approximate surface area is 91.9 Å². The lowest BCUT2D eigenvalue weighted by molar-refractivity contribution is -0.386. The van der Waals surface area contributed by atoms with Crippen molar-refractivity contribution in [3.8, 4) is 5.75 Å². The van der Waals surface area contributed by atoms with E-state index in [0.717, 1.165) is 0 Å². The zero-order valence-corrected chi connectivity index (χ0v) is 8.93. The monoisotopic (exact) mass is 225 g/mol. The van der Waals surface area contributed by atoms with Crippen LogP contribution < -0.4 is 4.74 Å². The molecule has 0 bridgehead atoms. The smallest absolute Gasteiger partial charge is 0.314 e. The molecule has 0 amide bonds. The zero-order chi connectivity index (χ0) is 12.1. The second-order valence-electron chi connectivity index (χ2n) is 2.98. The van der Waals surface area contributed by atoms with Crippen molar-refractivity contribution in [2.45, 2.75) is 6.42 Å². The molecule has 0 fully saturated rings. The molecular formula is C10H11NO5. The third kappa shape index (κ3) is 2.47. The van der Waals surface area contributed by atoms with Crippen molar-refractivity contribution in [1.29, 1.82) is 0 Å². The van der Waals surface area contributed by atoms with Crippen LogP contribution in [0.15, 0.2) is 18.2 Å². The minimum Gasteiger partial charge on any atom is -0.490 e. The number of ether oxygens (including phenoxy) is 2. The van der Waals surface area contributed by atoms with Crippen LogP contribution in [0.3, 0.4) is 0 Å². The summed E-state index contributed by atoms with van der Waals surface area (Å²) < 4.78 is 9.33. The fourth-order valence-electron chi connectivity index (χ4n) is 1.31. The Hall–Kier alpha value is -2.11. The Morgan fingerprint density at radius 3 is 2.62 bits per heavy atom. The molecule has 16 heavy (non-hydrogen) atoms. The number of esters is 1. The normalized spacial score (nSPS) is 9.62. The third-order valence-corrected chi connectivity index (χ3v) is 2.05. The highest BCUT2D eigenvalue weighted by Crippen LogP contribution is 2.30. The molecule has 0 spiro atoms. The Kier molecular flexibility index (Phi) is 3.82. The molecule has 0 radical (unpaired) electrons. The molecule has 0 aliphatic heterocycles. The average Bonchev–Trinajstić information content (AvgIpc) is 2.28. The minimum absolute atomic E-state index is 0.131. The molecule has 0 unspecified atom stereocenters. The Balaban J connectivity index is 3.17. The fourth-order valence-corrected chi connectivity index (χ4v) is 1.31. The van der Waals surface area contributed by atoms with E-state index in [1.807, 2.05) is 0 Å². The van der Waals surface area contributed by atoms with Crippen molar-refractivity contribution in [2.75, 3.05) is 14.2 Å².